The minimum atomic E-state index is -0.0799. The van der Waals surface area contributed by atoms with Gasteiger partial charge >= 0.3 is 21.1 Å². The summed E-state index contributed by atoms with van der Waals surface area (Å²) < 4.78 is 0. The van der Waals surface area contributed by atoms with Crippen LogP contribution in [0.25, 0.3) is 11.5 Å². The fourth-order valence-electron chi connectivity index (χ4n) is 1.13. The summed E-state index contributed by atoms with van der Waals surface area (Å²) in [7, 11) is 0. The van der Waals surface area contributed by atoms with E-state index in [1.54, 1.807) is 0 Å². The second-order valence-corrected chi connectivity index (χ2v) is 2.50. The molecule has 80 valence electrons. The van der Waals surface area contributed by atoms with Crippen molar-refractivity contribution in [2.24, 2.45) is 0 Å². The molecular weight excluding hydrogens is 339 g/mol. The Morgan fingerprint density at radius 2 is 1.08 bits per heavy atom. The smallest absolute Gasteiger partial charge is 0.676 e. The Balaban J connectivity index is -0.0000000800. The molecule has 0 heterocycles. The van der Waals surface area contributed by atoms with E-state index in [0.717, 1.165) is 12.8 Å². The van der Waals surface area contributed by atoms with Crippen LogP contribution in [0.3, 0.4) is 0 Å². The Hall–Kier alpha value is 0.528. The molecule has 0 aromatic heterocycles. The Labute approximate surface area is 89.0 Å². The van der Waals surface area contributed by atoms with Gasteiger partial charge in [0.2, 0.25) is 0 Å². The van der Waals surface area contributed by atoms with Gasteiger partial charge in [0.05, 0.1) is 0 Å². The maximum atomic E-state index is 7.29. The summed E-state index contributed by atoms with van der Waals surface area (Å²) in [6.07, 6.45) is 4.25. The third-order valence-electron chi connectivity index (χ3n) is 1.77. The van der Waals surface area contributed by atoms with Crippen LogP contribution in [0.5, 0.6) is 0 Å². The van der Waals surface area contributed by atoms with Gasteiger partial charge in [-0.15, -0.1) is 0 Å². The van der Waals surface area contributed by atoms with Gasteiger partial charge in [-0.3, -0.25) is 0 Å². The molecule has 12 heavy (non-hydrogen) atoms. The van der Waals surface area contributed by atoms with Crippen LogP contribution in [0.4, 0.5) is 0 Å². The van der Waals surface area contributed by atoms with Crippen molar-refractivity contribution in [1.29, 1.82) is 0 Å². The quantitative estimate of drug-likeness (QED) is 0.623. The first kappa shape index (κ1) is 22.9. The molecule has 0 bridgehead atoms. The molecular formula is C7H20N2O2Pt. The second kappa shape index (κ2) is 11.5. The van der Waals surface area contributed by atoms with Gasteiger partial charge in [0.25, 0.3) is 0 Å². The first-order chi connectivity index (χ1) is 3.80. The van der Waals surface area contributed by atoms with Crippen LogP contribution in [0, 0.1) is 0 Å². The van der Waals surface area contributed by atoms with Gasteiger partial charge in [-0.1, -0.05) is 33.1 Å². The largest absolute Gasteiger partial charge is 2.00 e. The van der Waals surface area contributed by atoms with E-state index in [1.165, 1.54) is 12.8 Å². The predicted molar refractivity (Wildman–Crippen MR) is 48.6 cm³/mol. The number of rotatable bonds is 0. The summed E-state index contributed by atoms with van der Waals surface area (Å²) in [6, 6.07) is -0.160. The Morgan fingerprint density at radius 1 is 0.833 bits per heavy atom. The monoisotopic (exact) mass is 359 g/mol. The zero-order valence-corrected chi connectivity index (χ0v) is 8.57. The van der Waals surface area contributed by atoms with Crippen molar-refractivity contribution in [1.82, 2.24) is 0 Å². The van der Waals surface area contributed by atoms with E-state index >= 15 is 0 Å². The summed E-state index contributed by atoms with van der Waals surface area (Å²) in [5, 5.41) is 0. The average Bonchev–Trinajstić information content (AvgIpc) is 1.77. The maximum Gasteiger partial charge on any atom is 2.00 e. The minimum Gasteiger partial charge on any atom is -0.676 e. The van der Waals surface area contributed by atoms with Gasteiger partial charge in [0, 0.05) is 0 Å². The molecule has 0 aromatic rings. The van der Waals surface area contributed by atoms with Gasteiger partial charge in [-0.2, -0.15) is 12.1 Å². The van der Waals surface area contributed by atoms with E-state index in [-0.39, 0.29) is 51.5 Å². The zero-order valence-electron chi connectivity index (χ0n) is 6.30. The van der Waals surface area contributed by atoms with Crippen molar-refractivity contribution in [2.75, 3.05) is 0 Å². The summed E-state index contributed by atoms with van der Waals surface area (Å²) in [5.41, 5.74) is 14.6. The second-order valence-electron chi connectivity index (χ2n) is 2.50. The fourth-order valence-corrected chi connectivity index (χ4v) is 1.13. The molecule has 0 radical (unpaired) electrons. The summed E-state index contributed by atoms with van der Waals surface area (Å²) >= 11 is 0. The zero-order chi connectivity index (χ0) is 5.98. The van der Waals surface area contributed by atoms with Crippen molar-refractivity contribution in [3.8, 4) is 0 Å². The Morgan fingerprint density at radius 3 is 1.25 bits per heavy atom. The van der Waals surface area contributed by atoms with Gasteiger partial charge in [0.1, 0.15) is 0 Å². The van der Waals surface area contributed by atoms with Crippen LogP contribution < -0.4 is 0 Å². The topological polar surface area (TPSA) is 111 Å². The molecule has 6 N–H and O–H groups in total. The van der Waals surface area contributed by atoms with E-state index in [2.05, 4.69) is 0 Å². The minimum absolute atomic E-state index is 0. The van der Waals surface area contributed by atoms with Gasteiger partial charge < -0.3 is 22.4 Å². The van der Waals surface area contributed by atoms with Crippen molar-refractivity contribution < 1.29 is 32.0 Å². The Kier molecular flexibility index (Phi) is 22.0. The molecule has 2 unspecified atom stereocenters. The van der Waals surface area contributed by atoms with Crippen LogP contribution in [0.15, 0.2) is 0 Å². The molecule has 1 rings (SSSR count). The molecule has 0 amide bonds. The first-order valence-electron chi connectivity index (χ1n) is 3.23. The summed E-state index contributed by atoms with van der Waals surface area (Å²) in [6.45, 7) is 0. The molecule has 0 spiro atoms. The van der Waals surface area contributed by atoms with E-state index in [0.29, 0.717) is 0 Å². The SMILES string of the molecule is C.O.O.[NH-]C1CCCCC1[NH-].[Pt+2]. The molecule has 0 aliphatic heterocycles. The van der Waals surface area contributed by atoms with Gasteiger partial charge in [-0.05, 0) is 0 Å². The molecule has 1 aliphatic rings. The third-order valence-corrected chi connectivity index (χ3v) is 1.77. The molecule has 0 aromatic carbocycles. The van der Waals surface area contributed by atoms with E-state index in [1.807, 2.05) is 0 Å². The van der Waals surface area contributed by atoms with Crippen LogP contribution in [-0.2, 0) is 21.1 Å². The third kappa shape index (κ3) is 7.19. The fraction of sp³-hybridized carbons (Fsp3) is 1.00. The van der Waals surface area contributed by atoms with Gasteiger partial charge in [-0.25, -0.2) is 0 Å². The molecule has 5 heteroatoms. The average molecular weight is 359 g/mol. The number of nitrogens with one attached hydrogen (secondary N) is 2. The van der Waals surface area contributed by atoms with Crippen LogP contribution in [0.1, 0.15) is 33.1 Å². The molecule has 1 fully saturated rings. The van der Waals surface area contributed by atoms with E-state index in [4.69, 9.17) is 11.5 Å². The molecule has 4 nitrogen and oxygen atoms in total. The van der Waals surface area contributed by atoms with Crippen LogP contribution >= 0.6 is 0 Å². The molecule has 0 saturated heterocycles. The number of hydrogen-bond donors (Lipinski definition) is 0. The first-order valence-corrected chi connectivity index (χ1v) is 3.23. The van der Waals surface area contributed by atoms with Crippen molar-refractivity contribution in [3.05, 3.63) is 11.5 Å². The van der Waals surface area contributed by atoms with Crippen LogP contribution in [-0.4, -0.2) is 23.0 Å². The van der Waals surface area contributed by atoms with E-state index < -0.39 is 0 Å². The normalized spacial score (nSPS) is 26.5. The molecule has 2 atom stereocenters. The van der Waals surface area contributed by atoms with Crippen LogP contribution in [0.2, 0.25) is 0 Å². The predicted octanol–water partition coefficient (Wildman–Crippen LogP) is 1.39. The summed E-state index contributed by atoms with van der Waals surface area (Å²) in [5.74, 6) is 0. The van der Waals surface area contributed by atoms with Crippen molar-refractivity contribution in [3.63, 3.8) is 0 Å². The summed E-state index contributed by atoms with van der Waals surface area (Å²) in [4.78, 5) is 0. The van der Waals surface area contributed by atoms with Crippen molar-refractivity contribution in [2.45, 2.75) is 45.2 Å². The maximum absolute atomic E-state index is 7.29. The van der Waals surface area contributed by atoms with E-state index in [9.17, 15) is 0 Å². The number of hydrogen-bond acceptors (Lipinski definition) is 0. The molecule has 1 saturated carbocycles. The van der Waals surface area contributed by atoms with Gasteiger partial charge in [0.15, 0.2) is 0 Å². The Bertz CT molecular complexity index is 75.8. The molecule has 1 aliphatic carbocycles. The van der Waals surface area contributed by atoms with Crippen molar-refractivity contribution >= 4 is 0 Å². The standard InChI is InChI=1S/C6H12N2.CH4.2H2O.Pt/c7-5-3-1-2-4-6(5)8;;;;/h5-8H,1-4H2;1H4;2*1H2;/q-2;;;;+2.